The molecule has 2 heterocycles. The van der Waals surface area contributed by atoms with E-state index < -0.39 is 34.4 Å². The summed E-state index contributed by atoms with van der Waals surface area (Å²) in [5.74, 6) is -0.100. The van der Waals surface area contributed by atoms with Crippen LogP contribution in [0.15, 0.2) is 47.7 Å². The number of carbonyl (C=O) groups is 2. The third kappa shape index (κ3) is 3.92. The zero-order chi connectivity index (χ0) is 22.1. The van der Waals surface area contributed by atoms with Crippen LogP contribution in [0, 0.1) is 10.1 Å². The SMILES string of the molecule is CC1=C(C(=O)OCc2ccc3c(c2)OCO3)[C@H](c2ccc(O)c([N+](=O)[O-])c2)NC(=O)N1. The van der Waals surface area contributed by atoms with Crippen LogP contribution in [0.5, 0.6) is 17.2 Å². The van der Waals surface area contributed by atoms with Crippen molar-refractivity contribution in [2.24, 2.45) is 0 Å². The lowest BCUT2D eigenvalue weighted by Gasteiger charge is -2.28. The molecule has 3 N–H and O–H groups in total. The van der Waals surface area contributed by atoms with Crippen molar-refractivity contribution in [2.75, 3.05) is 6.79 Å². The van der Waals surface area contributed by atoms with Gasteiger partial charge in [0.2, 0.25) is 6.79 Å². The first-order valence-corrected chi connectivity index (χ1v) is 9.14. The van der Waals surface area contributed by atoms with E-state index in [0.29, 0.717) is 17.1 Å². The first-order chi connectivity index (χ1) is 14.8. The first kappa shape index (κ1) is 20.0. The smallest absolute Gasteiger partial charge is 0.338 e. The molecule has 31 heavy (non-hydrogen) atoms. The number of ether oxygens (including phenoxy) is 3. The average Bonchev–Trinajstić information content (AvgIpc) is 3.19. The summed E-state index contributed by atoms with van der Waals surface area (Å²) in [7, 11) is 0. The highest BCUT2D eigenvalue weighted by Crippen LogP contribution is 2.35. The highest BCUT2D eigenvalue weighted by atomic mass is 16.7. The van der Waals surface area contributed by atoms with Crippen LogP contribution >= 0.6 is 0 Å². The van der Waals surface area contributed by atoms with E-state index >= 15 is 0 Å². The Labute approximate surface area is 175 Å². The summed E-state index contributed by atoms with van der Waals surface area (Å²) in [6.45, 7) is 1.58. The lowest BCUT2D eigenvalue weighted by molar-refractivity contribution is -0.385. The van der Waals surface area contributed by atoms with Crippen molar-refractivity contribution in [3.05, 3.63) is 68.9 Å². The van der Waals surface area contributed by atoms with Crippen LogP contribution in [0.25, 0.3) is 0 Å². The Balaban J connectivity index is 1.59. The Kier molecular flexibility index (Phi) is 5.07. The van der Waals surface area contributed by atoms with E-state index in [0.717, 1.165) is 12.1 Å². The van der Waals surface area contributed by atoms with Crippen LogP contribution in [0.3, 0.4) is 0 Å². The van der Waals surface area contributed by atoms with Crippen molar-refractivity contribution in [1.29, 1.82) is 0 Å². The Morgan fingerprint density at radius 1 is 1.26 bits per heavy atom. The molecule has 2 aromatic carbocycles. The molecule has 0 bridgehead atoms. The van der Waals surface area contributed by atoms with E-state index in [-0.39, 0.29) is 30.2 Å². The number of hydrogen-bond acceptors (Lipinski definition) is 8. The lowest BCUT2D eigenvalue weighted by atomic mass is 9.95. The van der Waals surface area contributed by atoms with Gasteiger partial charge in [0.05, 0.1) is 16.5 Å². The number of allylic oxidation sites excluding steroid dienone is 1. The fraction of sp³-hybridized carbons (Fsp3) is 0.200. The maximum Gasteiger partial charge on any atom is 0.338 e. The Bertz CT molecular complexity index is 1130. The van der Waals surface area contributed by atoms with Gasteiger partial charge < -0.3 is 30.0 Å². The number of phenols is 1. The van der Waals surface area contributed by atoms with E-state index in [1.165, 1.54) is 13.0 Å². The topological polar surface area (TPSA) is 149 Å². The number of rotatable bonds is 5. The number of fused-ring (bicyclic) bond motifs is 1. The molecule has 1 atom stereocenters. The van der Waals surface area contributed by atoms with Gasteiger partial charge >= 0.3 is 17.7 Å². The molecule has 11 heteroatoms. The predicted molar refractivity (Wildman–Crippen MR) is 104 cm³/mol. The van der Waals surface area contributed by atoms with Crippen LogP contribution in [0.2, 0.25) is 0 Å². The molecule has 0 radical (unpaired) electrons. The fourth-order valence-electron chi connectivity index (χ4n) is 3.34. The number of nitro groups is 1. The average molecular weight is 427 g/mol. The molecule has 2 aromatic rings. The van der Waals surface area contributed by atoms with Gasteiger partial charge in [0.15, 0.2) is 17.2 Å². The molecule has 2 aliphatic rings. The zero-order valence-electron chi connectivity index (χ0n) is 16.2. The molecule has 0 spiro atoms. The summed E-state index contributed by atoms with van der Waals surface area (Å²) in [5, 5.41) is 25.9. The van der Waals surface area contributed by atoms with Crippen LogP contribution in [0.1, 0.15) is 24.1 Å². The van der Waals surface area contributed by atoms with Gasteiger partial charge in [-0.1, -0.05) is 12.1 Å². The normalized spacial score (nSPS) is 17.1. The van der Waals surface area contributed by atoms with Gasteiger partial charge in [0.25, 0.3) is 0 Å². The van der Waals surface area contributed by atoms with Gasteiger partial charge in [-0.05, 0) is 36.2 Å². The summed E-state index contributed by atoms with van der Waals surface area (Å²) in [6.07, 6.45) is 0. The van der Waals surface area contributed by atoms with E-state index in [9.17, 15) is 24.8 Å². The molecular formula is C20H17N3O8. The van der Waals surface area contributed by atoms with E-state index in [1.807, 2.05) is 0 Å². The second-order valence-electron chi connectivity index (χ2n) is 6.84. The molecule has 0 unspecified atom stereocenters. The third-order valence-corrected chi connectivity index (χ3v) is 4.83. The number of carbonyl (C=O) groups excluding carboxylic acids is 2. The van der Waals surface area contributed by atoms with Crippen molar-refractivity contribution in [3.8, 4) is 17.2 Å². The van der Waals surface area contributed by atoms with Crippen LogP contribution in [-0.4, -0.2) is 28.8 Å². The Morgan fingerprint density at radius 3 is 2.81 bits per heavy atom. The van der Waals surface area contributed by atoms with Crippen molar-refractivity contribution >= 4 is 17.7 Å². The second kappa shape index (κ2) is 7.86. The van der Waals surface area contributed by atoms with Crippen molar-refractivity contribution in [1.82, 2.24) is 10.6 Å². The number of nitro benzene ring substituents is 1. The van der Waals surface area contributed by atoms with Gasteiger partial charge in [0, 0.05) is 11.8 Å². The summed E-state index contributed by atoms with van der Waals surface area (Å²) in [4.78, 5) is 35.3. The Hall–Kier alpha value is -4.28. The molecule has 4 rings (SSSR count). The number of amides is 2. The number of benzene rings is 2. The first-order valence-electron chi connectivity index (χ1n) is 9.14. The summed E-state index contributed by atoms with van der Waals surface area (Å²) >= 11 is 0. The van der Waals surface area contributed by atoms with E-state index in [2.05, 4.69) is 10.6 Å². The number of phenolic OH excluding ortho intramolecular Hbond substituents is 1. The highest BCUT2D eigenvalue weighted by molar-refractivity contribution is 5.95. The molecule has 11 nitrogen and oxygen atoms in total. The molecule has 0 aromatic heterocycles. The van der Waals surface area contributed by atoms with Gasteiger partial charge in [-0.25, -0.2) is 9.59 Å². The largest absolute Gasteiger partial charge is 0.502 e. The molecule has 0 saturated carbocycles. The third-order valence-electron chi connectivity index (χ3n) is 4.83. The minimum Gasteiger partial charge on any atom is -0.502 e. The van der Waals surface area contributed by atoms with Crippen LogP contribution < -0.4 is 20.1 Å². The number of urea groups is 1. The summed E-state index contributed by atoms with van der Waals surface area (Å²) in [5.41, 5.74) is 0.700. The number of esters is 1. The molecule has 0 saturated heterocycles. The van der Waals surface area contributed by atoms with Crippen LogP contribution in [-0.2, 0) is 16.1 Å². The maximum absolute atomic E-state index is 12.9. The standard InChI is InChI=1S/C20H17N3O8/c1-10-17(19(25)29-8-11-2-5-15-16(6-11)31-9-30-15)18(22-20(26)21-10)12-3-4-14(24)13(7-12)23(27)28/h2-7,18,24H,8-9H2,1H3,(H2,21,22,26)/t18-/m0/s1. The maximum atomic E-state index is 12.9. The quantitative estimate of drug-likeness (QED) is 0.374. The van der Waals surface area contributed by atoms with Crippen LogP contribution in [0.4, 0.5) is 10.5 Å². The van der Waals surface area contributed by atoms with Crippen molar-refractivity contribution in [2.45, 2.75) is 19.6 Å². The highest BCUT2D eigenvalue weighted by Gasteiger charge is 2.33. The van der Waals surface area contributed by atoms with Gasteiger partial charge in [-0.3, -0.25) is 10.1 Å². The Morgan fingerprint density at radius 2 is 2.03 bits per heavy atom. The monoisotopic (exact) mass is 427 g/mol. The zero-order valence-corrected chi connectivity index (χ0v) is 16.2. The number of nitrogens with zero attached hydrogens (tertiary/aromatic N) is 1. The molecule has 0 fully saturated rings. The number of hydrogen-bond donors (Lipinski definition) is 3. The molecule has 160 valence electrons. The second-order valence-corrected chi connectivity index (χ2v) is 6.84. The summed E-state index contributed by atoms with van der Waals surface area (Å²) in [6, 6.07) is 7.16. The molecular weight excluding hydrogens is 410 g/mol. The number of nitrogens with one attached hydrogen (secondary N) is 2. The molecule has 0 aliphatic carbocycles. The minimum atomic E-state index is -1.00. The number of aromatic hydroxyl groups is 1. The van der Waals surface area contributed by atoms with Crippen molar-refractivity contribution < 1.29 is 33.8 Å². The molecule has 2 aliphatic heterocycles. The van der Waals surface area contributed by atoms with Gasteiger partial charge in [-0.15, -0.1) is 0 Å². The van der Waals surface area contributed by atoms with Gasteiger partial charge in [-0.2, -0.15) is 0 Å². The molecule has 2 amide bonds. The van der Waals surface area contributed by atoms with E-state index in [1.54, 1.807) is 18.2 Å². The minimum absolute atomic E-state index is 0.0668. The lowest BCUT2D eigenvalue weighted by Crippen LogP contribution is -2.45. The van der Waals surface area contributed by atoms with Gasteiger partial charge in [0.1, 0.15) is 6.61 Å². The fourth-order valence-corrected chi connectivity index (χ4v) is 3.34. The predicted octanol–water partition coefficient (Wildman–Crippen LogP) is 2.40. The van der Waals surface area contributed by atoms with Crippen molar-refractivity contribution in [3.63, 3.8) is 0 Å². The van der Waals surface area contributed by atoms with E-state index in [4.69, 9.17) is 14.2 Å². The summed E-state index contributed by atoms with van der Waals surface area (Å²) < 4.78 is 16.0.